The van der Waals surface area contributed by atoms with E-state index in [0.29, 0.717) is 29.2 Å². The molecule has 0 saturated carbocycles. The van der Waals surface area contributed by atoms with Gasteiger partial charge in [-0.1, -0.05) is 48.0 Å². The van der Waals surface area contributed by atoms with Crippen molar-refractivity contribution in [2.24, 2.45) is 0 Å². The van der Waals surface area contributed by atoms with E-state index in [0.717, 1.165) is 28.1 Å². The first-order chi connectivity index (χ1) is 18.6. The number of carbonyl (C=O) groups is 2. The molecule has 0 spiro atoms. The van der Waals surface area contributed by atoms with E-state index < -0.39 is 0 Å². The second-order valence-electron chi connectivity index (χ2n) is 8.75. The Kier molecular flexibility index (Phi) is 6.37. The van der Waals surface area contributed by atoms with Crippen LogP contribution in [-0.2, 0) is 6.54 Å². The van der Waals surface area contributed by atoms with Crippen LogP contribution in [0.1, 0.15) is 26.3 Å². The molecule has 0 radical (unpaired) electrons. The fraction of sp³-hybridized carbons (Fsp3) is 0.0333. The van der Waals surface area contributed by atoms with Gasteiger partial charge in [0.05, 0.1) is 28.5 Å². The van der Waals surface area contributed by atoms with E-state index in [2.05, 4.69) is 15.6 Å². The number of hydrogen-bond acceptors (Lipinski definition) is 5. The first-order valence-corrected chi connectivity index (χ1v) is 13.2. The summed E-state index contributed by atoms with van der Waals surface area (Å²) in [5.74, 6) is 0.211. The molecule has 0 bridgehead atoms. The van der Waals surface area contributed by atoms with Crippen molar-refractivity contribution < 1.29 is 9.59 Å². The number of aromatic nitrogens is 1. The molecule has 0 aliphatic carbocycles. The molecule has 0 unspecified atom stereocenters. The van der Waals surface area contributed by atoms with Gasteiger partial charge in [0.1, 0.15) is 5.82 Å². The van der Waals surface area contributed by atoms with Crippen LogP contribution in [0.15, 0.2) is 102 Å². The lowest BCUT2D eigenvalue weighted by atomic mass is 10.0. The largest absolute Gasteiger partial charge is 0.338 e. The molecule has 2 N–H and O–H groups in total. The minimum atomic E-state index is -0.251. The number of para-hydroxylation sites is 2. The quantitative estimate of drug-likeness (QED) is 0.248. The summed E-state index contributed by atoms with van der Waals surface area (Å²) in [4.78, 5) is 33.1. The number of rotatable bonds is 4. The van der Waals surface area contributed by atoms with Crippen LogP contribution < -0.4 is 15.5 Å². The van der Waals surface area contributed by atoms with Gasteiger partial charge in [-0.05, 0) is 70.4 Å². The second-order valence-corrected chi connectivity index (χ2v) is 9.94. The van der Waals surface area contributed by atoms with Gasteiger partial charge < -0.3 is 15.5 Å². The van der Waals surface area contributed by atoms with Gasteiger partial charge in [-0.15, -0.1) is 0 Å². The Morgan fingerprint density at radius 2 is 1.79 bits per heavy atom. The lowest BCUT2D eigenvalue weighted by Gasteiger charge is -2.23. The molecule has 6 rings (SSSR count). The minimum Gasteiger partial charge on any atom is -0.338 e. The Morgan fingerprint density at radius 3 is 2.63 bits per heavy atom. The predicted octanol–water partition coefficient (Wildman–Crippen LogP) is 7.62. The van der Waals surface area contributed by atoms with E-state index in [1.807, 2.05) is 71.4 Å². The van der Waals surface area contributed by atoms with Crippen LogP contribution in [0.2, 0.25) is 5.02 Å². The molecule has 2 amide bonds. The highest BCUT2D eigenvalue weighted by molar-refractivity contribution is 7.08. The number of anilines is 4. The van der Waals surface area contributed by atoms with Crippen molar-refractivity contribution in [2.45, 2.75) is 6.54 Å². The molecular weight excluding hydrogens is 516 g/mol. The van der Waals surface area contributed by atoms with Gasteiger partial charge >= 0.3 is 0 Å². The van der Waals surface area contributed by atoms with Crippen LogP contribution >= 0.6 is 22.9 Å². The summed E-state index contributed by atoms with van der Waals surface area (Å²) in [6, 6.07) is 25.8. The zero-order valence-corrected chi connectivity index (χ0v) is 21.6. The summed E-state index contributed by atoms with van der Waals surface area (Å²) in [5.41, 5.74) is 5.65. The number of carbonyl (C=O) groups excluding carboxylic acids is 2. The molecule has 1 aliphatic heterocycles. The molecule has 0 fully saturated rings. The number of nitrogens with one attached hydrogen (secondary N) is 2. The SMILES string of the molecule is O=C(Nc1ccc(C(=O)N2Cc3cccnc3Nc3ccccc32)c(Cl)c1)c1ccccc1-c1ccsc1. The van der Waals surface area contributed by atoms with Crippen LogP contribution in [0.5, 0.6) is 0 Å². The molecule has 0 atom stereocenters. The Morgan fingerprint density at radius 1 is 0.947 bits per heavy atom. The Hall–Kier alpha value is -4.46. The number of pyridine rings is 1. The molecule has 5 aromatic rings. The third-order valence-corrected chi connectivity index (χ3v) is 7.37. The highest BCUT2D eigenvalue weighted by Gasteiger charge is 2.26. The number of benzene rings is 3. The summed E-state index contributed by atoms with van der Waals surface area (Å²) < 4.78 is 0. The highest BCUT2D eigenvalue weighted by Crippen LogP contribution is 2.36. The topological polar surface area (TPSA) is 74.3 Å². The fourth-order valence-corrected chi connectivity index (χ4v) is 5.44. The molecule has 0 saturated heterocycles. The van der Waals surface area contributed by atoms with Crippen LogP contribution in [0.25, 0.3) is 11.1 Å². The van der Waals surface area contributed by atoms with Crippen molar-refractivity contribution in [1.82, 2.24) is 4.98 Å². The summed E-state index contributed by atoms with van der Waals surface area (Å²) in [6.07, 6.45) is 1.72. The fourth-order valence-electron chi connectivity index (χ4n) is 4.52. The highest BCUT2D eigenvalue weighted by atomic mass is 35.5. The average Bonchev–Trinajstić information content (AvgIpc) is 3.42. The van der Waals surface area contributed by atoms with Gasteiger partial charge in [0, 0.05) is 23.0 Å². The predicted molar refractivity (Wildman–Crippen MR) is 154 cm³/mol. The maximum absolute atomic E-state index is 13.8. The monoisotopic (exact) mass is 536 g/mol. The molecule has 3 aromatic carbocycles. The average molecular weight is 537 g/mol. The third kappa shape index (κ3) is 4.53. The number of nitrogens with zero attached hydrogens (tertiary/aromatic N) is 2. The Balaban J connectivity index is 1.28. The molecule has 8 heteroatoms. The van der Waals surface area contributed by atoms with Crippen molar-refractivity contribution in [3.63, 3.8) is 0 Å². The second kappa shape index (κ2) is 10.1. The van der Waals surface area contributed by atoms with Gasteiger partial charge in [-0.3, -0.25) is 9.59 Å². The van der Waals surface area contributed by atoms with E-state index in [-0.39, 0.29) is 16.8 Å². The molecule has 3 heterocycles. The number of thiophene rings is 1. The van der Waals surface area contributed by atoms with Crippen molar-refractivity contribution in [3.05, 3.63) is 124 Å². The maximum Gasteiger partial charge on any atom is 0.260 e. The van der Waals surface area contributed by atoms with Crippen LogP contribution in [0.3, 0.4) is 0 Å². The van der Waals surface area contributed by atoms with Crippen molar-refractivity contribution in [3.8, 4) is 11.1 Å². The number of hydrogen-bond donors (Lipinski definition) is 2. The molecule has 1 aliphatic rings. The molecule has 38 heavy (non-hydrogen) atoms. The zero-order valence-electron chi connectivity index (χ0n) is 20.0. The van der Waals surface area contributed by atoms with Gasteiger partial charge in [-0.25, -0.2) is 4.98 Å². The van der Waals surface area contributed by atoms with E-state index in [4.69, 9.17) is 11.6 Å². The Bertz CT molecular complexity index is 1670. The lowest BCUT2D eigenvalue weighted by Crippen LogP contribution is -2.30. The summed E-state index contributed by atoms with van der Waals surface area (Å²) in [5, 5.41) is 10.5. The number of halogens is 1. The van der Waals surface area contributed by atoms with E-state index in [1.165, 1.54) is 0 Å². The summed E-state index contributed by atoms with van der Waals surface area (Å²) in [7, 11) is 0. The van der Waals surface area contributed by atoms with Crippen molar-refractivity contribution in [1.29, 1.82) is 0 Å². The minimum absolute atomic E-state index is 0.248. The number of amides is 2. The maximum atomic E-state index is 13.8. The van der Waals surface area contributed by atoms with Gasteiger partial charge in [0.2, 0.25) is 0 Å². The third-order valence-electron chi connectivity index (χ3n) is 6.37. The van der Waals surface area contributed by atoms with E-state index >= 15 is 0 Å². The zero-order chi connectivity index (χ0) is 26.1. The van der Waals surface area contributed by atoms with Crippen LogP contribution in [-0.4, -0.2) is 16.8 Å². The summed E-state index contributed by atoms with van der Waals surface area (Å²) in [6.45, 7) is 0.334. The first kappa shape index (κ1) is 23.9. The smallest absolute Gasteiger partial charge is 0.260 e. The van der Waals surface area contributed by atoms with Gasteiger partial charge in [0.15, 0.2) is 0 Å². The van der Waals surface area contributed by atoms with Crippen molar-refractivity contribution in [2.75, 3.05) is 15.5 Å². The number of fused-ring (bicyclic) bond motifs is 2. The lowest BCUT2D eigenvalue weighted by molar-refractivity contribution is 0.0984. The Labute approximate surface area is 228 Å². The van der Waals surface area contributed by atoms with Crippen LogP contribution in [0.4, 0.5) is 22.9 Å². The van der Waals surface area contributed by atoms with Gasteiger partial charge in [0.25, 0.3) is 11.8 Å². The molecule has 6 nitrogen and oxygen atoms in total. The van der Waals surface area contributed by atoms with Gasteiger partial charge in [-0.2, -0.15) is 11.3 Å². The molecule has 186 valence electrons. The molecule has 2 aromatic heterocycles. The standard InChI is InChI=1S/C30H21ClN4O2S/c31-25-16-21(33-29(36)23-8-2-1-7-22(23)20-13-15-38-18-20)11-12-24(25)30(37)35-17-19-6-5-14-32-28(19)34-26-9-3-4-10-27(26)35/h1-16,18H,17H2,(H,32,34)(H,33,36). The van der Waals surface area contributed by atoms with E-state index in [9.17, 15) is 9.59 Å². The molecular formula is C30H21ClN4O2S. The summed E-state index contributed by atoms with van der Waals surface area (Å²) >= 11 is 8.21. The van der Waals surface area contributed by atoms with Crippen molar-refractivity contribution >= 4 is 57.6 Å². The normalized spacial score (nSPS) is 12.1. The van der Waals surface area contributed by atoms with E-state index in [1.54, 1.807) is 46.7 Å². The van der Waals surface area contributed by atoms with Crippen LogP contribution in [0, 0.1) is 0 Å². The first-order valence-electron chi connectivity index (χ1n) is 11.9.